The largest absolute Gasteiger partial charge is 0.456 e. The van der Waals surface area contributed by atoms with Crippen molar-refractivity contribution in [3.05, 3.63) is 115 Å². The second kappa shape index (κ2) is 13.1. The SMILES string of the molecule is CN(C)S(=O)(=O)c1ccc(N=c2ccc3c(-c4ccccc4S(=O)(=O)O)c4ccc(Nc5ccc(S(=O)(=O)N(C)C)cc5)cc4oc-3c2)cc1. The number of hydrogen-bond donors (Lipinski definition) is 2. The van der Waals surface area contributed by atoms with Crippen molar-refractivity contribution in [2.45, 2.75) is 14.7 Å². The molecule has 0 bridgehead atoms. The molecule has 0 radical (unpaired) electrons. The van der Waals surface area contributed by atoms with Crippen LogP contribution in [0.15, 0.2) is 133 Å². The third-order valence-electron chi connectivity index (χ3n) is 7.93. The van der Waals surface area contributed by atoms with Crippen LogP contribution in [-0.2, 0) is 30.2 Å². The van der Waals surface area contributed by atoms with E-state index in [2.05, 4.69) is 10.3 Å². The first-order valence-corrected chi connectivity index (χ1v) is 19.3. The summed E-state index contributed by atoms with van der Waals surface area (Å²) in [5, 5.41) is 4.29. The fraction of sp³-hybridized carbons (Fsp3) is 0.114. The molecule has 0 aromatic heterocycles. The van der Waals surface area contributed by atoms with Gasteiger partial charge in [-0.05, 0) is 78.9 Å². The number of hydrogen-bond acceptors (Lipinski definition) is 9. The number of benzene rings is 5. The second-order valence-corrected chi connectivity index (χ2v) is 17.4. The molecule has 0 atom stereocenters. The van der Waals surface area contributed by atoms with E-state index in [1.54, 1.807) is 72.8 Å². The molecule has 1 heterocycles. The number of fused-ring (bicyclic) bond motifs is 2. The molecule has 0 saturated carbocycles. The Morgan fingerprint density at radius 2 is 1.22 bits per heavy atom. The van der Waals surface area contributed by atoms with Crippen LogP contribution < -0.4 is 10.7 Å². The lowest BCUT2D eigenvalue weighted by Crippen LogP contribution is -2.22. The van der Waals surface area contributed by atoms with Gasteiger partial charge < -0.3 is 9.73 Å². The molecule has 4 aromatic rings. The summed E-state index contributed by atoms with van der Waals surface area (Å²) in [7, 11) is -5.99. The van der Waals surface area contributed by atoms with E-state index in [1.165, 1.54) is 64.6 Å². The van der Waals surface area contributed by atoms with Crippen LogP contribution in [0.4, 0.5) is 17.1 Å². The van der Waals surface area contributed by atoms with Crippen molar-refractivity contribution in [1.29, 1.82) is 0 Å². The first-order valence-electron chi connectivity index (χ1n) is 15.0. The minimum Gasteiger partial charge on any atom is -0.456 e. The van der Waals surface area contributed by atoms with E-state index in [-0.39, 0.29) is 20.2 Å². The molecule has 258 valence electrons. The highest BCUT2D eigenvalue weighted by Crippen LogP contribution is 2.43. The minimum atomic E-state index is -4.61. The van der Waals surface area contributed by atoms with Crippen LogP contribution in [0.3, 0.4) is 0 Å². The zero-order valence-electron chi connectivity index (χ0n) is 27.3. The van der Waals surface area contributed by atoms with Crippen molar-refractivity contribution in [3.63, 3.8) is 0 Å². The Balaban J connectivity index is 1.49. The number of nitrogens with zero attached hydrogens (tertiary/aromatic N) is 3. The number of anilines is 2. The average molecular weight is 733 g/mol. The molecule has 2 aliphatic rings. The van der Waals surface area contributed by atoms with E-state index in [0.29, 0.717) is 50.3 Å². The third-order valence-corrected chi connectivity index (χ3v) is 12.5. The van der Waals surface area contributed by atoms with E-state index in [0.717, 1.165) is 8.61 Å². The van der Waals surface area contributed by atoms with Gasteiger partial charge in [-0.2, -0.15) is 8.42 Å². The summed E-state index contributed by atoms with van der Waals surface area (Å²) in [5.74, 6) is 0.362. The maximum absolute atomic E-state index is 12.5. The lowest BCUT2D eigenvalue weighted by molar-refractivity contribution is 0.483. The van der Waals surface area contributed by atoms with Crippen molar-refractivity contribution in [1.82, 2.24) is 8.61 Å². The molecule has 0 unspecified atom stereocenters. The fourth-order valence-electron chi connectivity index (χ4n) is 5.35. The molecule has 0 spiro atoms. The summed E-state index contributed by atoms with van der Waals surface area (Å²) in [6.45, 7) is 0. The standard InChI is InChI=1S/C35H32N4O8S3/c1-38(2)48(40,41)27-15-9-23(10-16-27)36-25-13-19-29-32(21-25)47-33-22-26(37-24-11-17-28(18-12-24)49(42,43)39(3)4)14-20-30(33)35(29)31-7-5-6-8-34(31)50(44,45)46/h5-22,36H,1-4H3,(H,44,45,46). The van der Waals surface area contributed by atoms with Gasteiger partial charge in [0.25, 0.3) is 10.1 Å². The maximum Gasteiger partial charge on any atom is 0.295 e. The molecule has 2 N–H and O–H groups in total. The van der Waals surface area contributed by atoms with E-state index < -0.39 is 30.2 Å². The summed E-state index contributed by atoms with van der Waals surface area (Å²) in [5.41, 5.74) is 3.42. The van der Waals surface area contributed by atoms with Gasteiger partial charge in [-0.3, -0.25) is 4.55 Å². The van der Waals surface area contributed by atoms with E-state index in [1.807, 2.05) is 0 Å². The Kier molecular flexibility index (Phi) is 9.15. The molecule has 50 heavy (non-hydrogen) atoms. The zero-order valence-corrected chi connectivity index (χ0v) is 29.7. The highest BCUT2D eigenvalue weighted by molar-refractivity contribution is 7.89. The van der Waals surface area contributed by atoms with E-state index >= 15 is 0 Å². The van der Waals surface area contributed by atoms with Gasteiger partial charge in [0.1, 0.15) is 16.2 Å². The smallest absolute Gasteiger partial charge is 0.295 e. The molecule has 1 aliphatic heterocycles. The molecule has 12 nitrogen and oxygen atoms in total. The highest BCUT2D eigenvalue weighted by atomic mass is 32.2. The molecule has 15 heteroatoms. The molecule has 0 amide bonds. The molecule has 0 saturated heterocycles. The van der Waals surface area contributed by atoms with Gasteiger partial charge >= 0.3 is 0 Å². The topological polar surface area (TPSA) is 167 Å². The van der Waals surface area contributed by atoms with Crippen molar-refractivity contribution in [2.75, 3.05) is 33.5 Å². The van der Waals surface area contributed by atoms with Crippen molar-refractivity contribution < 1.29 is 34.2 Å². The Bertz CT molecular complexity index is 2620. The number of sulfonamides is 2. The van der Waals surface area contributed by atoms with Gasteiger partial charge in [0.2, 0.25) is 20.0 Å². The summed E-state index contributed by atoms with van der Waals surface area (Å²) < 4.78 is 93.7. The number of nitrogens with one attached hydrogen (secondary N) is 1. The van der Waals surface area contributed by atoms with Gasteiger partial charge in [-0.1, -0.05) is 18.2 Å². The zero-order chi connectivity index (χ0) is 36.0. The minimum absolute atomic E-state index is 0.127. The Hall–Kier alpha value is -4.90. The molecule has 0 fully saturated rings. The van der Waals surface area contributed by atoms with Gasteiger partial charge in [-0.25, -0.2) is 30.4 Å². The molecule has 6 rings (SSSR count). The van der Waals surface area contributed by atoms with Crippen LogP contribution in [0.5, 0.6) is 0 Å². The summed E-state index contributed by atoms with van der Waals surface area (Å²) in [6, 6.07) is 29.0. The Morgan fingerprint density at radius 1 is 0.640 bits per heavy atom. The molecular weight excluding hydrogens is 701 g/mol. The second-order valence-electron chi connectivity index (χ2n) is 11.7. The van der Waals surface area contributed by atoms with Crippen LogP contribution in [0, 0.1) is 0 Å². The van der Waals surface area contributed by atoms with Gasteiger partial charge in [0, 0.05) is 73.8 Å². The first-order chi connectivity index (χ1) is 23.6. The van der Waals surface area contributed by atoms with Crippen LogP contribution in [0.1, 0.15) is 0 Å². The lowest BCUT2D eigenvalue weighted by Gasteiger charge is -2.18. The Labute approximate surface area is 290 Å². The molecule has 1 aliphatic carbocycles. The van der Waals surface area contributed by atoms with Crippen molar-refractivity contribution in [2.24, 2.45) is 4.99 Å². The van der Waals surface area contributed by atoms with Crippen LogP contribution >= 0.6 is 0 Å². The predicted molar refractivity (Wildman–Crippen MR) is 191 cm³/mol. The highest BCUT2D eigenvalue weighted by Gasteiger charge is 2.24. The van der Waals surface area contributed by atoms with Gasteiger partial charge in [0.05, 0.1) is 20.8 Å². The molecular formula is C35H32N4O8S3. The average Bonchev–Trinajstić information content (AvgIpc) is 3.07. The monoisotopic (exact) mass is 732 g/mol. The Morgan fingerprint density at radius 3 is 1.82 bits per heavy atom. The molecule has 4 aromatic carbocycles. The predicted octanol–water partition coefficient (Wildman–Crippen LogP) is 5.93. The van der Waals surface area contributed by atoms with Crippen LogP contribution in [0.2, 0.25) is 0 Å². The van der Waals surface area contributed by atoms with E-state index in [4.69, 9.17) is 4.42 Å². The van der Waals surface area contributed by atoms with Crippen molar-refractivity contribution in [3.8, 4) is 22.5 Å². The van der Waals surface area contributed by atoms with Crippen LogP contribution in [-0.4, -0.2) is 66.6 Å². The van der Waals surface area contributed by atoms with Crippen LogP contribution in [0.25, 0.3) is 33.4 Å². The maximum atomic E-state index is 12.5. The lowest BCUT2D eigenvalue weighted by atomic mass is 9.93. The van der Waals surface area contributed by atoms with Gasteiger partial charge in [0.15, 0.2) is 0 Å². The summed E-state index contributed by atoms with van der Waals surface area (Å²) in [6.07, 6.45) is 0. The summed E-state index contributed by atoms with van der Waals surface area (Å²) in [4.78, 5) is 4.64. The summed E-state index contributed by atoms with van der Waals surface area (Å²) >= 11 is 0. The third kappa shape index (κ3) is 6.79. The number of rotatable bonds is 9. The first kappa shape index (κ1) is 34.9. The van der Waals surface area contributed by atoms with E-state index in [9.17, 15) is 29.8 Å². The van der Waals surface area contributed by atoms with Crippen molar-refractivity contribution >= 4 is 58.2 Å². The van der Waals surface area contributed by atoms with Gasteiger partial charge in [-0.15, -0.1) is 0 Å². The fourth-order valence-corrected chi connectivity index (χ4v) is 7.86. The quantitative estimate of drug-likeness (QED) is 0.135. The normalized spacial score (nSPS) is 13.1.